The fraction of sp³-hybridized carbons (Fsp3) is 0.267. The van der Waals surface area contributed by atoms with Gasteiger partial charge in [-0.15, -0.1) is 0 Å². The Hall–Kier alpha value is -4.06. The van der Waals surface area contributed by atoms with Gasteiger partial charge in [0.25, 0.3) is 5.91 Å². The van der Waals surface area contributed by atoms with Gasteiger partial charge in [0.1, 0.15) is 36.6 Å². The lowest BCUT2D eigenvalue weighted by Gasteiger charge is -2.31. The van der Waals surface area contributed by atoms with Crippen molar-refractivity contribution in [2.45, 2.75) is 44.4 Å². The number of halogens is 1. The van der Waals surface area contributed by atoms with E-state index in [1.54, 1.807) is 36.4 Å². The van der Waals surface area contributed by atoms with Crippen LogP contribution in [0.5, 0.6) is 5.75 Å². The molecule has 3 aromatic carbocycles. The van der Waals surface area contributed by atoms with Crippen molar-refractivity contribution in [3.8, 4) is 5.75 Å². The topological polar surface area (TPSA) is 136 Å². The summed E-state index contributed by atoms with van der Waals surface area (Å²) in [5.74, 6) is -2.36. The van der Waals surface area contributed by atoms with Gasteiger partial charge in [0, 0.05) is 18.0 Å². The standard InChI is InChI=1S/C30H31FN3O8P/c1-19(30(37)39-17-21-9-4-3-5-10-21)33-43(38,42-26-14-8-12-22-11-6-7-13-23(22)26)40-18-27-25(35)15-28(41-27)34-16-24(31)29(36)32-20(34)2/h3-14,16,19,25,27-28,35H,2,15,17-18H2,1H3,(H,32,36)(H,33,38)/t19-,25?,27+,28+,43?/m0/s1. The fourth-order valence-corrected chi connectivity index (χ4v) is 6.14. The largest absolute Gasteiger partial charge is 0.460 e. The summed E-state index contributed by atoms with van der Waals surface area (Å²) in [6.45, 7) is 4.75. The van der Waals surface area contributed by atoms with Crippen LogP contribution in [0.15, 0.2) is 97.2 Å². The Morgan fingerprint density at radius 3 is 2.70 bits per heavy atom. The third-order valence-electron chi connectivity index (χ3n) is 6.86. The van der Waals surface area contributed by atoms with E-state index in [1.807, 2.05) is 36.4 Å². The molecule has 43 heavy (non-hydrogen) atoms. The number of nitrogens with zero attached hydrogens (tertiary/aromatic N) is 1. The van der Waals surface area contributed by atoms with Gasteiger partial charge in [-0.05, 0) is 23.9 Å². The number of esters is 1. The molecule has 3 N–H and O–H groups in total. The third kappa shape index (κ3) is 7.30. The molecule has 13 heteroatoms. The van der Waals surface area contributed by atoms with E-state index in [9.17, 15) is 23.7 Å². The molecule has 2 unspecified atom stereocenters. The van der Waals surface area contributed by atoms with Crippen LogP contribution in [0.2, 0.25) is 0 Å². The molecule has 0 bridgehead atoms. The molecule has 0 aliphatic carbocycles. The van der Waals surface area contributed by atoms with Crippen molar-refractivity contribution < 1.29 is 42.2 Å². The van der Waals surface area contributed by atoms with Gasteiger partial charge in [-0.3, -0.25) is 14.1 Å². The summed E-state index contributed by atoms with van der Waals surface area (Å²) >= 11 is 0. The molecule has 3 aromatic rings. The summed E-state index contributed by atoms with van der Waals surface area (Å²) < 4.78 is 51.0. The first-order valence-corrected chi connectivity index (χ1v) is 15.1. The van der Waals surface area contributed by atoms with Crippen LogP contribution in [-0.2, 0) is 34.8 Å². The molecule has 2 heterocycles. The Bertz CT molecular complexity index is 1580. The van der Waals surface area contributed by atoms with Gasteiger partial charge in [0.05, 0.1) is 12.7 Å². The molecule has 1 saturated heterocycles. The third-order valence-corrected chi connectivity index (χ3v) is 8.49. The van der Waals surface area contributed by atoms with E-state index >= 15 is 0 Å². The minimum absolute atomic E-state index is 0.0107. The van der Waals surface area contributed by atoms with Crippen molar-refractivity contribution in [2.24, 2.45) is 0 Å². The Morgan fingerprint density at radius 1 is 1.19 bits per heavy atom. The van der Waals surface area contributed by atoms with Crippen LogP contribution in [0.4, 0.5) is 4.39 Å². The van der Waals surface area contributed by atoms with Crippen molar-refractivity contribution in [1.82, 2.24) is 15.3 Å². The van der Waals surface area contributed by atoms with Crippen LogP contribution in [0, 0.1) is 0 Å². The molecule has 0 radical (unpaired) electrons. The molecule has 226 valence electrons. The lowest BCUT2D eigenvalue weighted by molar-refractivity contribution is -0.146. The normalized spacial score (nSPS) is 22.4. The minimum atomic E-state index is -4.31. The Morgan fingerprint density at radius 2 is 1.91 bits per heavy atom. The van der Waals surface area contributed by atoms with Crippen molar-refractivity contribution in [3.63, 3.8) is 0 Å². The van der Waals surface area contributed by atoms with E-state index in [0.29, 0.717) is 5.39 Å². The number of ether oxygens (including phenoxy) is 2. The molecule has 5 rings (SSSR count). The summed E-state index contributed by atoms with van der Waals surface area (Å²) in [6.07, 6.45) is -2.07. The zero-order valence-electron chi connectivity index (χ0n) is 23.2. The highest BCUT2D eigenvalue weighted by molar-refractivity contribution is 7.52. The lowest BCUT2D eigenvalue weighted by Crippen LogP contribution is -2.42. The molecule has 0 aromatic heterocycles. The number of benzene rings is 3. The van der Waals surface area contributed by atoms with Gasteiger partial charge < -0.3 is 29.3 Å². The van der Waals surface area contributed by atoms with E-state index < -0.39 is 56.5 Å². The summed E-state index contributed by atoms with van der Waals surface area (Å²) in [4.78, 5) is 25.6. The fourth-order valence-electron chi connectivity index (χ4n) is 4.62. The SMILES string of the molecule is C=C1NC(=O)C(F)=CN1[C@H]1CC(O)[C@@H](COP(=O)(N[C@@H](C)C(=O)OCc2ccccc2)Oc2cccc3ccccc23)O1. The number of hydrogen-bond donors (Lipinski definition) is 3. The number of fused-ring (bicyclic) bond motifs is 1. The second-order valence-corrected chi connectivity index (χ2v) is 11.7. The summed E-state index contributed by atoms with van der Waals surface area (Å²) in [7, 11) is -4.31. The number of aliphatic hydroxyl groups excluding tert-OH is 1. The Labute approximate surface area is 247 Å². The number of aliphatic hydroxyl groups is 1. The summed E-state index contributed by atoms with van der Waals surface area (Å²) in [5, 5.41) is 17.1. The maximum Gasteiger partial charge on any atom is 0.459 e. The average Bonchev–Trinajstić information content (AvgIpc) is 3.37. The minimum Gasteiger partial charge on any atom is -0.460 e. The van der Waals surface area contributed by atoms with E-state index in [2.05, 4.69) is 17.0 Å². The van der Waals surface area contributed by atoms with Gasteiger partial charge in [-0.1, -0.05) is 73.3 Å². The Balaban J connectivity index is 1.31. The lowest BCUT2D eigenvalue weighted by atomic mass is 10.1. The number of amides is 1. The first-order valence-electron chi connectivity index (χ1n) is 13.5. The zero-order valence-corrected chi connectivity index (χ0v) is 24.1. The van der Waals surface area contributed by atoms with Gasteiger partial charge >= 0.3 is 13.7 Å². The highest BCUT2D eigenvalue weighted by atomic mass is 31.2. The van der Waals surface area contributed by atoms with E-state index in [-0.39, 0.29) is 24.6 Å². The number of hydrogen-bond acceptors (Lipinski definition) is 9. The predicted octanol–water partition coefficient (Wildman–Crippen LogP) is 4.25. The van der Waals surface area contributed by atoms with Gasteiger partial charge in [0.15, 0.2) is 0 Å². The molecule has 1 fully saturated rings. The van der Waals surface area contributed by atoms with Crippen LogP contribution in [0.3, 0.4) is 0 Å². The smallest absolute Gasteiger partial charge is 0.459 e. The maximum atomic E-state index is 14.2. The van der Waals surface area contributed by atoms with Gasteiger partial charge in [0.2, 0.25) is 5.83 Å². The average molecular weight is 612 g/mol. The van der Waals surface area contributed by atoms with Crippen LogP contribution in [0.25, 0.3) is 10.8 Å². The Kier molecular flexibility index (Phi) is 9.24. The molecule has 0 saturated carbocycles. The molecule has 2 aliphatic heterocycles. The molecule has 11 nitrogen and oxygen atoms in total. The van der Waals surface area contributed by atoms with E-state index in [0.717, 1.165) is 17.1 Å². The van der Waals surface area contributed by atoms with Gasteiger partial charge in [-0.2, -0.15) is 9.48 Å². The van der Waals surface area contributed by atoms with Crippen LogP contribution >= 0.6 is 7.75 Å². The van der Waals surface area contributed by atoms with Crippen molar-refractivity contribution >= 4 is 30.4 Å². The first-order chi connectivity index (χ1) is 20.6. The van der Waals surface area contributed by atoms with E-state index in [1.165, 1.54) is 11.8 Å². The van der Waals surface area contributed by atoms with Crippen molar-refractivity contribution in [1.29, 1.82) is 0 Å². The molecule has 5 atom stereocenters. The predicted molar refractivity (Wildman–Crippen MR) is 155 cm³/mol. The number of carbonyl (C=O) groups is 2. The van der Waals surface area contributed by atoms with Crippen LogP contribution < -0.4 is 14.9 Å². The molecule has 2 aliphatic rings. The quantitative estimate of drug-likeness (QED) is 0.213. The molecular weight excluding hydrogens is 580 g/mol. The second kappa shape index (κ2) is 13.1. The van der Waals surface area contributed by atoms with Crippen LogP contribution in [-0.4, -0.2) is 53.0 Å². The van der Waals surface area contributed by atoms with Crippen LogP contribution in [0.1, 0.15) is 18.9 Å². The number of nitrogens with one attached hydrogen (secondary N) is 2. The summed E-state index contributed by atoms with van der Waals surface area (Å²) in [5.41, 5.74) is 0.780. The highest BCUT2D eigenvalue weighted by Crippen LogP contribution is 2.47. The van der Waals surface area contributed by atoms with Crippen molar-refractivity contribution in [3.05, 3.63) is 103 Å². The molecule has 1 amide bonds. The monoisotopic (exact) mass is 611 g/mol. The molecule has 0 spiro atoms. The summed E-state index contributed by atoms with van der Waals surface area (Å²) in [6, 6.07) is 20.5. The number of rotatable bonds is 11. The van der Waals surface area contributed by atoms with Crippen molar-refractivity contribution in [2.75, 3.05) is 6.61 Å². The second-order valence-electron chi connectivity index (χ2n) is 10.0. The first kappa shape index (κ1) is 30.4. The molecular formula is C30H31FN3O8P. The number of carbonyl (C=O) groups excluding carboxylic acids is 2. The maximum absolute atomic E-state index is 14.2. The van der Waals surface area contributed by atoms with Gasteiger partial charge in [-0.25, -0.2) is 4.57 Å². The van der Waals surface area contributed by atoms with E-state index in [4.69, 9.17) is 18.5 Å². The zero-order chi connectivity index (χ0) is 30.6. The highest BCUT2D eigenvalue weighted by Gasteiger charge is 2.42.